The highest BCUT2D eigenvalue weighted by Gasteiger charge is 2.23. The average Bonchev–Trinajstić information content (AvgIpc) is 2.66. The van der Waals surface area contributed by atoms with Crippen molar-refractivity contribution in [1.29, 1.82) is 0 Å². The lowest BCUT2D eigenvalue weighted by Gasteiger charge is -2.19. The fraction of sp³-hybridized carbons (Fsp3) is 0.300. The van der Waals surface area contributed by atoms with Crippen molar-refractivity contribution in [2.24, 2.45) is 5.73 Å². The Labute approximate surface area is 165 Å². The second kappa shape index (κ2) is 11.2. The van der Waals surface area contributed by atoms with Crippen LogP contribution in [0, 0.1) is 0 Å². The van der Waals surface area contributed by atoms with Gasteiger partial charge in [-0.05, 0) is 43.2 Å². The number of hydrogen-bond donors (Lipinski definition) is 3. The van der Waals surface area contributed by atoms with E-state index in [1.54, 1.807) is 31.4 Å². The summed E-state index contributed by atoms with van der Waals surface area (Å²) in [5.41, 5.74) is 6.88. The number of nitrogens with two attached hydrogens (primary N) is 1. The minimum Gasteiger partial charge on any atom is -0.497 e. The zero-order chi connectivity index (χ0) is 18.9. The van der Waals surface area contributed by atoms with Crippen LogP contribution < -0.4 is 21.1 Å². The molecule has 0 bridgehead atoms. The zero-order valence-corrected chi connectivity index (χ0v) is 16.3. The van der Waals surface area contributed by atoms with E-state index in [0.717, 1.165) is 0 Å². The summed E-state index contributed by atoms with van der Waals surface area (Å²) in [6, 6.07) is 15.1. The number of rotatable bonds is 8. The number of amides is 2. The molecule has 7 heteroatoms. The van der Waals surface area contributed by atoms with Gasteiger partial charge in [-0.2, -0.15) is 0 Å². The van der Waals surface area contributed by atoms with E-state index in [9.17, 15) is 9.59 Å². The van der Waals surface area contributed by atoms with Crippen LogP contribution in [-0.4, -0.2) is 31.5 Å². The molecule has 2 unspecified atom stereocenters. The van der Waals surface area contributed by atoms with Crippen molar-refractivity contribution < 1.29 is 14.3 Å². The molecule has 27 heavy (non-hydrogen) atoms. The first-order valence-electron chi connectivity index (χ1n) is 8.54. The third-order valence-corrected chi connectivity index (χ3v) is 3.92. The SMILES string of the molecule is COc1ccc(C(=O)NC(C(=O)NCCC(C)N)c2ccccc2)cc1.Cl. The third-order valence-electron chi connectivity index (χ3n) is 3.92. The monoisotopic (exact) mass is 391 g/mol. The lowest BCUT2D eigenvalue weighted by Crippen LogP contribution is -2.41. The third kappa shape index (κ3) is 6.92. The summed E-state index contributed by atoms with van der Waals surface area (Å²) < 4.78 is 5.10. The maximum absolute atomic E-state index is 12.6. The smallest absolute Gasteiger partial charge is 0.252 e. The number of ether oxygens (including phenoxy) is 1. The van der Waals surface area contributed by atoms with Crippen LogP contribution in [0.4, 0.5) is 0 Å². The number of halogens is 1. The Morgan fingerprint density at radius 1 is 1.07 bits per heavy atom. The maximum atomic E-state index is 12.6. The van der Waals surface area contributed by atoms with Gasteiger partial charge in [0.15, 0.2) is 0 Å². The van der Waals surface area contributed by atoms with E-state index in [1.165, 1.54) is 0 Å². The Kier molecular flexibility index (Phi) is 9.33. The van der Waals surface area contributed by atoms with Crippen molar-refractivity contribution in [2.45, 2.75) is 25.4 Å². The first-order chi connectivity index (χ1) is 12.5. The van der Waals surface area contributed by atoms with E-state index in [4.69, 9.17) is 10.5 Å². The first kappa shape index (κ1) is 22.5. The van der Waals surface area contributed by atoms with Gasteiger partial charge in [0.05, 0.1) is 7.11 Å². The fourth-order valence-corrected chi connectivity index (χ4v) is 2.43. The largest absolute Gasteiger partial charge is 0.497 e. The molecular weight excluding hydrogens is 366 g/mol. The number of carbonyl (C=O) groups is 2. The number of nitrogens with one attached hydrogen (secondary N) is 2. The summed E-state index contributed by atoms with van der Waals surface area (Å²) in [6.45, 7) is 2.34. The molecule has 0 fully saturated rings. The molecule has 2 amide bonds. The van der Waals surface area contributed by atoms with Crippen molar-refractivity contribution in [3.63, 3.8) is 0 Å². The van der Waals surface area contributed by atoms with Crippen molar-refractivity contribution in [1.82, 2.24) is 10.6 Å². The molecule has 6 nitrogen and oxygen atoms in total. The van der Waals surface area contributed by atoms with Crippen LogP contribution in [0.25, 0.3) is 0 Å². The van der Waals surface area contributed by atoms with Crippen molar-refractivity contribution in [2.75, 3.05) is 13.7 Å². The van der Waals surface area contributed by atoms with Crippen molar-refractivity contribution in [3.05, 3.63) is 65.7 Å². The van der Waals surface area contributed by atoms with Crippen molar-refractivity contribution in [3.8, 4) is 5.75 Å². The normalized spacial score (nSPS) is 12.3. The molecule has 0 spiro atoms. The quantitative estimate of drug-likeness (QED) is 0.644. The van der Waals surface area contributed by atoms with Gasteiger partial charge in [0, 0.05) is 18.2 Å². The Hall–Kier alpha value is -2.57. The van der Waals surface area contributed by atoms with Crippen molar-refractivity contribution >= 4 is 24.2 Å². The fourth-order valence-electron chi connectivity index (χ4n) is 2.43. The van der Waals surface area contributed by atoms with Gasteiger partial charge in [-0.15, -0.1) is 12.4 Å². The Bertz CT molecular complexity index is 721. The van der Waals surface area contributed by atoms with E-state index < -0.39 is 6.04 Å². The van der Waals surface area contributed by atoms with Gasteiger partial charge in [-0.3, -0.25) is 9.59 Å². The summed E-state index contributed by atoms with van der Waals surface area (Å²) in [5, 5.41) is 5.64. The lowest BCUT2D eigenvalue weighted by molar-refractivity contribution is -0.123. The predicted molar refractivity (Wildman–Crippen MR) is 108 cm³/mol. The average molecular weight is 392 g/mol. The van der Waals surface area contributed by atoms with Crippen LogP contribution >= 0.6 is 12.4 Å². The number of methoxy groups -OCH3 is 1. The minimum atomic E-state index is -0.779. The molecule has 2 aromatic rings. The molecule has 0 heterocycles. The molecule has 4 N–H and O–H groups in total. The first-order valence-corrected chi connectivity index (χ1v) is 8.54. The molecule has 0 aliphatic rings. The Morgan fingerprint density at radius 3 is 2.26 bits per heavy atom. The second-order valence-corrected chi connectivity index (χ2v) is 6.10. The summed E-state index contributed by atoms with van der Waals surface area (Å²) >= 11 is 0. The predicted octanol–water partition coefficient (Wildman–Crippen LogP) is 2.44. The maximum Gasteiger partial charge on any atom is 0.252 e. The van der Waals surface area contributed by atoms with Gasteiger partial charge in [0.25, 0.3) is 5.91 Å². The Balaban J connectivity index is 0.00000364. The summed E-state index contributed by atoms with van der Waals surface area (Å²) in [6.07, 6.45) is 0.666. The molecular formula is C20H26ClN3O3. The number of hydrogen-bond acceptors (Lipinski definition) is 4. The van der Waals surface area contributed by atoms with Gasteiger partial charge in [0.2, 0.25) is 5.91 Å². The van der Waals surface area contributed by atoms with Crippen LogP contribution in [0.2, 0.25) is 0 Å². The van der Waals surface area contributed by atoms with Crippen LogP contribution in [0.1, 0.15) is 35.3 Å². The van der Waals surface area contributed by atoms with E-state index >= 15 is 0 Å². The highest BCUT2D eigenvalue weighted by molar-refractivity contribution is 5.98. The topological polar surface area (TPSA) is 93.4 Å². The minimum absolute atomic E-state index is 0. The van der Waals surface area contributed by atoms with Gasteiger partial charge < -0.3 is 21.1 Å². The number of benzene rings is 2. The van der Waals surface area contributed by atoms with Gasteiger partial charge in [-0.1, -0.05) is 30.3 Å². The molecule has 2 rings (SSSR count). The number of carbonyl (C=O) groups excluding carboxylic acids is 2. The van der Waals surface area contributed by atoms with E-state index in [0.29, 0.717) is 29.8 Å². The Morgan fingerprint density at radius 2 is 1.70 bits per heavy atom. The van der Waals surface area contributed by atoms with Gasteiger partial charge in [0.1, 0.15) is 11.8 Å². The molecule has 0 aliphatic heterocycles. The molecule has 0 saturated carbocycles. The molecule has 0 saturated heterocycles. The van der Waals surface area contributed by atoms with Gasteiger partial charge in [-0.25, -0.2) is 0 Å². The molecule has 2 aromatic carbocycles. The molecule has 2 atom stereocenters. The molecule has 0 aliphatic carbocycles. The standard InChI is InChI=1S/C20H25N3O3.ClH/c1-14(21)12-13-22-20(25)18(15-6-4-3-5-7-15)23-19(24)16-8-10-17(26-2)11-9-16;/h3-11,14,18H,12-13,21H2,1-2H3,(H,22,25)(H,23,24);1H. The second-order valence-electron chi connectivity index (χ2n) is 6.10. The van der Waals surface area contributed by atoms with Crippen LogP contribution in [0.15, 0.2) is 54.6 Å². The lowest BCUT2D eigenvalue weighted by atomic mass is 10.1. The van der Waals surface area contributed by atoms with Gasteiger partial charge >= 0.3 is 0 Å². The summed E-state index contributed by atoms with van der Waals surface area (Å²) in [5.74, 6) is 0.0670. The highest BCUT2D eigenvalue weighted by atomic mass is 35.5. The summed E-state index contributed by atoms with van der Waals surface area (Å²) in [4.78, 5) is 25.2. The van der Waals surface area contributed by atoms with E-state index in [1.807, 2.05) is 37.3 Å². The molecule has 146 valence electrons. The molecule has 0 aromatic heterocycles. The highest BCUT2D eigenvalue weighted by Crippen LogP contribution is 2.16. The van der Waals surface area contributed by atoms with E-state index in [2.05, 4.69) is 10.6 Å². The van der Waals surface area contributed by atoms with Crippen LogP contribution in [0.5, 0.6) is 5.75 Å². The van der Waals surface area contributed by atoms with Crippen LogP contribution in [-0.2, 0) is 4.79 Å². The van der Waals surface area contributed by atoms with E-state index in [-0.39, 0.29) is 30.3 Å². The van der Waals surface area contributed by atoms with Crippen LogP contribution in [0.3, 0.4) is 0 Å². The summed E-state index contributed by atoms with van der Waals surface area (Å²) in [7, 11) is 1.56. The molecule has 0 radical (unpaired) electrons. The zero-order valence-electron chi connectivity index (χ0n) is 15.5.